The smallest absolute Gasteiger partial charge is 0.326 e. The molecule has 0 saturated heterocycles. The number of carbonyl (C=O) groups excluding carboxylic acids is 1. The van der Waals surface area contributed by atoms with Crippen LogP contribution in [0.15, 0.2) is 42.5 Å². The number of halogens is 1. The Morgan fingerprint density at radius 3 is 2.38 bits per heavy atom. The van der Waals surface area contributed by atoms with Crippen LogP contribution in [0.4, 0.5) is 0 Å². The number of nitrogens with one attached hydrogen (secondary N) is 1. The van der Waals surface area contributed by atoms with E-state index in [1.54, 1.807) is 56.3 Å². The molecule has 6 nitrogen and oxygen atoms in total. The number of hydrogen-bond donors (Lipinski definition) is 2. The Morgan fingerprint density at radius 2 is 1.77 bits per heavy atom. The van der Waals surface area contributed by atoms with Gasteiger partial charge in [0.25, 0.3) is 5.91 Å². The van der Waals surface area contributed by atoms with Crippen LogP contribution in [0, 0.1) is 0 Å². The van der Waals surface area contributed by atoms with Crippen molar-refractivity contribution in [1.29, 1.82) is 0 Å². The van der Waals surface area contributed by atoms with Crippen LogP contribution >= 0.6 is 11.6 Å². The van der Waals surface area contributed by atoms with Gasteiger partial charge in [-0.05, 0) is 23.8 Å². The summed E-state index contributed by atoms with van der Waals surface area (Å²) in [6, 6.07) is 10.5. The Labute approximate surface area is 155 Å². The molecule has 26 heavy (non-hydrogen) atoms. The monoisotopic (exact) mass is 375 g/mol. The fraction of sp³-hybridized carbons (Fsp3) is 0.263. The molecule has 0 bridgehead atoms. The van der Waals surface area contributed by atoms with Crippen LogP contribution in [0.5, 0.6) is 11.5 Å². The minimum Gasteiger partial charge on any atom is -0.480 e. The minimum absolute atomic E-state index is 0.0177. The van der Waals surface area contributed by atoms with Crippen molar-refractivity contribution in [2.75, 3.05) is 0 Å². The summed E-state index contributed by atoms with van der Waals surface area (Å²) < 4.78 is 11.3. The molecule has 2 N–H and O–H groups in total. The molecule has 1 aliphatic rings. The molecule has 0 fully saturated rings. The molecule has 1 amide bonds. The summed E-state index contributed by atoms with van der Waals surface area (Å²) in [5.41, 5.74) is 0.935. The number of amides is 1. The van der Waals surface area contributed by atoms with Crippen molar-refractivity contribution in [3.63, 3.8) is 0 Å². The summed E-state index contributed by atoms with van der Waals surface area (Å²) in [4.78, 5) is 23.9. The van der Waals surface area contributed by atoms with E-state index in [4.69, 9.17) is 21.1 Å². The lowest BCUT2D eigenvalue weighted by atomic mass is 10.0. The number of rotatable bonds is 5. The predicted octanol–water partition coefficient (Wildman–Crippen LogP) is 3.27. The highest BCUT2D eigenvalue weighted by Crippen LogP contribution is 2.42. The maximum absolute atomic E-state index is 12.3. The summed E-state index contributed by atoms with van der Waals surface area (Å²) in [5, 5.41) is 12.4. The van der Waals surface area contributed by atoms with E-state index >= 15 is 0 Å². The number of carboxylic acids is 1. The first-order valence-corrected chi connectivity index (χ1v) is 8.42. The number of fused-ring (bicyclic) bond motifs is 1. The standard InChI is InChI=1S/C19H18ClNO5/c1-19(2)25-15-9-12(13(20)10-16(15)26-19)8-14(18(23)24)21-17(22)11-6-4-3-5-7-11/h3-7,9-10,14H,8H2,1-2H3,(H,21,22)(H,23,24)/t14-/m0/s1. The van der Waals surface area contributed by atoms with E-state index in [0.29, 0.717) is 27.6 Å². The SMILES string of the molecule is CC1(C)Oc2cc(Cl)c(C[C@H](NC(=O)c3ccccc3)C(=O)O)cc2O1. The first kappa shape index (κ1) is 18.1. The molecular weight excluding hydrogens is 358 g/mol. The normalized spacial score (nSPS) is 15.3. The van der Waals surface area contributed by atoms with Crippen LogP contribution in [0.1, 0.15) is 29.8 Å². The lowest BCUT2D eigenvalue weighted by molar-refractivity contribution is -0.139. The van der Waals surface area contributed by atoms with Crippen molar-refractivity contribution in [1.82, 2.24) is 5.32 Å². The van der Waals surface area contributed by atoms with Gasteiger partial charge in [0.1, 0.15) is 6.04 Å². The summed E-state index contributed by atoms with van der Waals surface area (Å²) >= 11 is 6.26. The highest BCUT2D eigenvalue weighted by Gasteiger charge is 2.33. The highest BCUT2D eigenvalue weighted by molar-refractivity contribution is 6.31. The Kier molecular flexibility index (Phi) is 4.78. The first-order chi connectivity index (χ1) is 12.2. The fourth-order valence-electron chi connectivity index (χ4n) is 2.69. The second-order valence-electron chi connectivity index (χ2n) is 6.43. The van der Waals surface area contributed by atoms with E-state index in [9.17, 15) is 14.7 Å². The van der Waals surface area contributed by atoms with Gasteiger partial charge in [-0.25, -0.2) is 4.79 Å². The van der Waals surface area contributed by atoms with E-state index in [0.717, 1.165) is 0 Å². The third-order valence-electron chi connectivity index (χ3n) is 3.89. The Hall–Kier alpha value is -2.73. The van der Waals surface area contributed by atoms with Crippen LogP contribution in [0.3, 0.4) is 0 Å². The average molecular weight is 376 g/mol. The summed E-state index contributed by atoms with van der Waals surface area (Å²) in [6.07, 6.45) is 0.0177. The number of ether oxygens (including phenoxy) is 2. The van der Waals surface area contributed by atoms with Gasteiger partial charge in [0.15, 0.2) is 11.5 Å². The molecule has 0 unspecified atom stereocenters. The molecule has 0 aromatic heterocycles. The molecule has 7 heteroatoms. The second kappa shape index (κ2) is 6.88. The van der Waals surface area contributed by atoms with Crippen molar-refractivity contribution in [2.24, 2.45) is 0 Å². The largest absolute Gasteiger partial charge is 0.480 e. The molecule has 2 aromatic carbocycles. The lowest BCUT2D eigenvalue weighted by Gasteiger charge is -2.16. The van der Waals surface area contributed by atoms with Crippen LogP contribution < -0.4 is 14.8 Å². The molecule has 0 radical (unpaired) electrons. The van der Waals surface area contributed by atoms with Gasteiger partial charge >= 0.3 is 5.97 Å². The average Bonchev–Trinajstić information content (AvgIpc) is 2.87. The van der Waals surface area contributed by atoms with E-state index in [-0.39, 0.29) is 6.42 Å². The maximum atomic E-state index is 12.3. The van der Waals surface area contributed by atoms with Crippen LogP contribution in [0.25, 0.3) is 0 Å². The van der Waals surface area contributed by atoms with Crippen molar-refractivity contribution in [3.8, 4) is 11.5 Å². The molecular formula is C19H18ClNO5. The Bertz CT molecular complexity index is 851. The number of carboxylic acid groups (broad SMARTS) is 1. The zero-order chi connectivity index (χ0) is 18.9. The van der Waals surface area contributed by atoms with E-state index in [2.05, 4.69) is 5.32 Å². The van der Waals surface area contributed by atoms with Crippen molar-refractivity contribution >= 4 is 23.5 Å². The molecule has 136 valence electrons. The number of benzene rings is 2. The zero-order valence-electron chi connectivity index (χ0n) is 14.3. The van der Waals surface area contributed by atoms with Gasteiger partial charge in [-0.2, -0.15) is 0 Å². The van der Waals surface area contributed by atoms with Crippen LogP contribution in [0.2, 0.25) is 5.02 Å². The third kappa shape index (κ3) is 3.91. The van der Waals surface area contributed by atoms with Gasteiger partial charge in [-0.15, -0.1) is 0 Å². The van der Waals surface area contributed by atoms with Crippen LogP contribution in [-0.2, 0) is 11.2 Å². The molecule has 2 aromatic rings. The van der Waals surface area contributed by atoms with Gasteiger partial charge in [-0.3, -0.25) is 4.79 Å². The third-order valence-corrected chi connectivity index (χ3v) is 4.24. The zero-order valence-corrected chi connectivity index (χ0v) is 15.0. The van der Waals surface area contributed by atoms with E-state index in [1.165, 1.54) is 0 Å². The fourth-order valence-corrected chi connectivity index (χ4v) is 2.93. The van der Waals surface area contributed by atoms with Crippen LogP contribution in [-0.4, -0.2) is 28.8 Å². The van der Waals surface area contributed by atoms with Crippen molar-refractivity contribution in [2.45, 2.75) is 32.1 Å². The summed E-state index contributed by atoms with van der Waals surface area (Å²) in [6.45, 7) is 3.53. The van der Waals surface area contributed by atoms with Gasteiger partial charge < -0.3 is 19.9 Å². The summed E-state index contributed by atoms with van der Waals surface area (Å²) in [5.74, 6) is -1.42. The quantitative estimate of drug-likeness (QED) is 0.837. The number of aliphatic carboxylic acids is 1. The molecule has 1 heterocycles. The molecule has 1 atom stereocenters. The number of hydrogen-bond acceptors (Lipinski definition) is 4. The predicted molar refractivity (Wildman–Crippen MR) is 95.8 cm³/mol. The van der Waals surface area contributed by atoms with Crippen molar-refractivity contribution in [3.05, 3.63) is 58.6 Å². The molecule has 1 aliphatic heterocycles. The highest BCUT2D eigenvalue weighted by atomic mass is 35.5. The van der Waals surface area contributed by atoms with Gasteiger partial charge in [0.2, 0.25) is 5.79 Å². The van der Waals surface area contributed by atoms with Gasteiger partial charge in [-0.1, -0.05) is 29.8 Å². The van der Waals surface area contributed by atoms with Gasteiger partial charge in [0, 0.05) is 36.9 Å². The molecule has 0 spiro atoms. The molecule has 0 saturated carbocycles. The Balaban J connectivity index is 1.79. The lowest BCUT2D eigenvalue weighted by Crippen LogP contribution is -2.42. The topological polar surface area (TPSA) is 84.9 Å². The maximum Gasteiger partial charge on any atom is 0.326 e. The summed E-state index contributed by atoms with van der Waals surface area (Å²) in [7, 11) is 0. The van der Waals surface area contributed by atoms with Crippen molar-refractivity contribution < 1.29 is 24.2 Å². The van der Waals surface area contributed by atoms with Gasteiger partial charge in [0.05, 0.1) is 0 Å². The van der Waals surface area contributed by atoms with E-state index in [1.807, 2.05) is 0 Å². The second-order valence-corrected chi connectivity index (χ2v) is 6.84. The molecule has 3 rings (SSSR count). The number of carbonyl (C=O) groups is 2. The Morgan fingerprint density at radius 1 is 1.15 bits per heavy atom. The first-order valence-electron chi connectivity index (χ1n) is 8.04. The minimum atomic E-state index is -1.15. The molecule has 0 aliphatic carbocycles. The van der Waals surface area contributed by atoms with E-state index < -0.39 is 23.7 Å².